The van der Waals surface area contributed by atoms with E-state index in [1.54, 1.807) is 6.07 Å². The number of para-hydroxylation sites is 2. The van der Waals surface area contributed by atoms with Gasteiger partial charge in [-0.3, -0.25) is 4.79 Å². The molecule has 0 saturated heterocycles. The van der Waals surface area contributed by atoms with Crippen molar-refractivity contribution in [3.8, 4) is 0 Å². The average molecular weight is 270 g/mol. The second-order valence-electron chi connectivity index (χ2n) is 4.39. The number of hydrogen-bond acceptors (Lipinski definition) is 3. The van der Waals surface area contributed by atoms with E-state index in [1.807, 2.05) is 60.5 Å². The monoisotopic (exact) mass is 270 g/mol. The summed E-state index contributed by atoms with van der Waals surface area (Å²) in [6, 6.07) is 17.3. The van der Waals surface area contributed by atoms with E-state index in [1.165, 1.54) is 0 Å². The second kappa shape index (κ2) is 6.73. The van der Waals surface area contributed by atoms with Crippen molar-refractivity contribution >= 4 is 17.3 Å². The van der Waals surface area contributed by atoms with Gasteiger partial charge in [-0.05, 0) is 24.3 Å². The standard InChI is InChI=1S/C16H18N2O2/c1-18(13-7-3-2-4-8-13)15-10-6-5-9-14(15)16(20)17-11-12-19/h2-10,19H,11-12H2,1H3,(H,17,20). The summed E-state index contributed by atoms with van der Waals surface area (Å²) >= 11 is 0. The van der Waals surface area contributed by atoms with Gasteiger partial charge in [0.1, 0.15) is 0 Å². The Morgan fingerprint density at radius 2 is 1.75 bits per heavy atom. The molecule has 20 heavy (non-hydrogen) atoms. The molecule has 104 valence electrons. The van der Waals surface area contributed by atoms with Crippen LogP contribution in [-0.4, -0.2) is 31.2 Å². The van der Waals surface area contributed by atoms with Crippen LogP contribution >= 0.6 is 0 Å². The average Bonchev–Trinajstić information content (AvgIpc) is 2.52. The first kappa shape index (κ1) is 14.1. The van der Waals surface area contributed by atoms with Crippen LogP contribution in [0.1, 0.15) is 10.4 Å². The van der Waals surface area contributed by atoms with E-state index >= 15 is 0 Å². The van der Waals surface area contributed by atoms with Gasteiger partial charge in [-0.2, -0.15) is 0 Å². The summed E-state index contributed by atoms with van der Waals surface area (Å²) in [5, 5.41) is 11.5. The quantitative estimate of drug-likeness (QED) is 0.875. The molecule has 1 amide bonds. The van der Waals surface area contributed by atoms with Crippen LogP contribution in [0, 0.1) is 0 Å². The molecule has 0 atom stereocenters. The van der Waals surface area contributed by atoms with Crippen LogP contribution in [0.5, 0.6) is 0 Å². The normalized spacial score (nSPS) is 10.1. The maximum absolute atomic E-state index is 12.1. The molecule has 0 aromatic heterocycles. The zero-order chi connectivity index (χ0) is 14.4. The number of aliphatic hydroxyl groups is 1. The molecule has 4 nitrogen and oxygen atoms in total. The summed E-state index contributed by atoms with van der Waals surface area (Å²) in [7, 11) is 1.92. The van der Waals surface area contributed by atoms with Crippen molar-refractivity contribution in [2.75, 3.05) is 25.1 Å². The van der Waals surface area contributed by atoms with Gasteiger partial charge in [-0.15, -0.1) is 0 Å². The zero-order valence-corrected chi connectivity index (χ0v) is 11.4. The largest absolute Gasteiger partial charge is 0.395 e. The highest BCUT2D eigenvalue weighted by molar-refractivity contribution is 6.00. The van der Waals surface area contributed by atoms with E-state index in [0.717, 1.165) is 11.4 Å². The number of nitrogens with zero attached hydrogens (tertiary/aromatic N) is 1. The summed E-state index contributed by atoms with van der Waals surface area (Å²) in [5.41, 5.74) is 2.43. The SMILES string of the molecule is CN(c1ccccc1)c1ccccc1C(=O)NCCO. The first-order chi connectivity index (χ1) is 9.74. The Morgan fingerprint density at radius 3 is 2.45 bits per heavy atom. The number of anilines is 2. The summed E-state index contributed by atoms with van der Waals surface area (Å²) in [6.07, 6.45) is 0. The summed E-state index contributed by atoms with van der Waals surface area (Å²) < 4.78 is 0. The molecular formula is C16H18N2O2. The minimum absolute atomic E-state index is 0.0670. The van der Waals surface area contributed by atoms with Crippen molar-refractivity contribution in [2.45, 2.75) is 0 Å². The lowest BCUT2D eigenvalue weighted by Crippen LogP contribution is -2.28. The van der Waals surface area contributed by atoms with Gasteiger partial charge in [-0.1, -0.05) is 30.3 Å². The molecule has 0 saturated carbocycles. The fraction of sp³-hybridized carbons (Fsp3) is 0.188. The van der Waals surface area contributed by atoms with E-state index in [-0.39, 0.29) is 19.1 Å². The summed E-state index contributed by atoms with van der Waals surface area (Å²) in [4.78, 5) is 14.1. The first-order valence-electron chi connectivity index (χ1n) is 6.51. The minimum Gasteiger partial charge on any atom is -0.395 e. The molecule has 2 aromatic rings. The molecule has 4 heteroatoms. The minimum atomic E-state index is -0.183. The Balaban J connectivity index is 2.30. The molecule has 0 bridgehead atoms. The van der Waals surface area contributed by atoms with Crippen molar-refractivity contribution < 1.29 is 9.90 Å². The third-order valence-electron chi connectivity index (χ3n) is 3.05. The van der Waals surface area contributed by atoms with Crippen LogP contribution in [0.2, 0.25) is 0 Å². The third-order valence-corrected chi connectivity index (χ3v) is 3.05. The molecule has 2 rings (SSSR count). The molecule has 0 unspecified atom stereocenters. The maximum Gasteiger partial charge on any atom is 0.253 e. The van der Waals surface area contributed by atoms with Crippen molar-refractivity contribution in [3.63, 3.8) is 0 Å². The highest BCUT2D eigenvalue weighted by Crippen LogP contribution is 2.26. The van der Waals surface area contributed by atoms with Crippen molar-refractivity contribution in [1.82, 2.24) is 5.32 Å². The van der Waals surface area contributed by atoms with E-state index in [2.05, 4.69) is 5.32 Å². The number of carbonyl (C=O) groups excluding carboxylic acids is 1. The van der Waals surface area contributed by atoms with Crippen LogP contribution in [0.25, 0.3) is 0 Å². The highest BCUT2D eigenvalue weighted by Gasteiger charge is 2.14. The van der Waals surface area contributed by atoms with Crippen molar-refractivity contribution in [3.05, 3.63) is 60.2 Å². The lowest BCUT2D eigenvalue weighted by Gasteiger charge is -2.22. The first-order valence-corrected chi connectivity index (χ1v) is 6.51. The molecule has 0 fully saturated rings. The number of carbonyl (C=O) groups is 1. The van der Waals surface area contributed by atoms with Crippen LogP contribution in [0.4, 0.5) is 11.4 Å². The van der Waals surface area contributed by atoms with Gasteiger partial charge in [0.2, 0.25) is 0 Å². The van der Waals surface area contributed by atoms with E-state index in [4.69, 9.17) is 5.11 Å². The fourth-order valence-electron chi connectivity index (χ4n) is 2.01. The van der Waals surface area contributed by atoms with E-state index in [0.29, 0.717) is 5.56 Å². The van der Waals surface area contributed by atoms with Gasteiger partial charge < -0.3 is 15.3 Å². The number of aliphatic hydroxyl groups excluding tert-OH is 1. The Labute approximate surface area is 118 Å². The van der Waals surface area contributed by atoms with E-state index in [9.17, 15) is 4.79 Å². The van der Waals surface area contributed by atoms with Crippen LogP contribution in [0.15, 0.2) is 54.6 Å². The number of amides is 1. The molecule has 0 aliphatic carbocycles. The van der Waals surface area contributed by atoms with Gasteiger partial charge in [0, 0.05) is 19.3 Å². The van der Waals surface area contributed by atoms with Gasteiger partial charge >= 0.3 is 0 Å². The van der Waals surface area contributed by atoms with Crippen LogP contribution < -0.4 is 10.2 Å². The summed E-state index contributed by atoms with van der Waals surface area (Å²) in [5.74, 6) is -0.183. The predicted octanol–water partition coefficient (Wildman–Crippen LogP) is 2.18. The lowest BCUT2D eigenvalue weighted by molar-refractivity contribution is 0.0945. The smallest absolute Gasteiger partial charge is 0.253 e. The molecule has 0 heterocycles. The van der Waals surface area contributed by atoms with Crippen molar-refractivity contribution in [1.29, 1.82) is 0 Å². The molecule has 2 N–H and O–H groups in total. The predicted molar refractivity (Wildman–Crippen MR) is 80.4 cm³/mol. The number of rotatable bonds is 5. The number of nitrogens with one attached hydrogen (secondary N) is 1. The topological polar surface area (TPSA) is 52.6 Å². The van der Waals surface area contributed by atoms with Gasteiger partial charge in [0.15, 0.2) is 0 Å². The van der Waals surface area contributed by atoms with Crippen LogP contribution in [-0.2, 0) is 0 Å². The molecule has 2 aromatic carbocycles. The maximum atomic E-state index is 12.1. The van der Waals surface area contributed by atoms with Gasteiger partial charge in [0.25, 0.3) is 5.91 Å². The van der Waals surface area contributed by atoms with Crippen molar-refractivity contribution in [2.24, 2.45) is 0 Å². The Morgan fingerprint density at radius 1 is 1.10 bits per heavy atom. The fourth-order valence-corrected chi connectivity index (χ4v) is 2.01. The Bertz CT molecular complexity index is 570. The number of benzene rings is 2. The van der Waals surface area contributed by atoms with Gasteiger partial charge in [-0.25, -0.2) is 0 Å². The zero-order valence-electron chi connectivity index (χ0n) is 11.4. The Hall–Kier alpha value is -2.33. The Kier molecular flexibility index (Phi) is 4.74. The molecule has 0 aliphatic rings. The number of hydrogen-bond donors (Lipinski definition) is 2. The third kappa shape index (κ3) is 3.16. The highest BCUT2D eigenvalue weighted by atomic mass is 16.3. The second-order valence-corrected chi connectivity index (χ2v) is 4.39. The molecule has 0 spiro atoms. The lowest BCUT2D eigenvalue weighted by atomic mass is 10.1. The van der Waals surface area contributed by atoms with Crippen LogP contribution in [0.3, 0.4) is 0 Å². The van der Waals surface area contributed by atoms with Gasteiger partial charge in [0.05, 0.1) is 17.9 Å². The molecule has 0 aliphatic heterocycles. The molecule has 0 radical (unpaired) electrons. The molecular weight excluding hydrogens is 252 g/mol. The van der Waals surface area contributed by atoms with E-state index < -0.39 is 0 Å². The summed E-state index contributed by atoms with van der Waals surface area (Å²) in [6.45, 7) is 0.185.